The van der Waals surface area contributed by atoms with E-state index >= 15 is 0 Å². The fourth-order valence-electron chi connectivity index (χ4n) is 1.82. The standard InChI is InChI=1S/C12H17N3S/c1-10-14-9-11(8-13-2)15(10)6-5-12-4-3-7-16-12/h3-4,7,9,13H,5-6,8H2,1-2H3. The number of imidazole rings is 1. The van der Waals surface area contributed by atoms with Gasteiger partial charge in [0.25, 0.3) is 0 Å². The van der Waals surface area contributed by atoms with Gasteiger partial charge in [-0.25, -0.2) is 4.98 Å². The number of aryl methyl sites for hydroxylation is 2. The van der Waals surface area contributed by atoms with Crippen molar-refractivity contribution in [3.8, 4) is 0 Å². The maximum Gasteiger partial charge on any atom is 0.105 e. The summed E-state index contributed by atoms with van der Waals surface area (Å²) in [5.74, 6) is 1.10. The fraction of sp³-hybridized carbons (Fsp3) is 0.417. The summed E-state index contributed by atoms with van der Waals surface area (Å²) in [4.78, 5) is 5.80. The van der Waals surface area contributed by atoms with E-state index in [9.17, 15) is 0 Å². The summed E-state index contributed by atoms with van der Waals surface area (Å²) < 4.78 is 2.29. The number of thiophene rings is 1. The van der Waals surface area contributed by atoms with Crippen LogP contribution in [0.4, 0.5) is 0 Å². The zero-order chi connectivity index (χ0) is 11.4. The van der Waals surface area contributed by atoms with E-state index in [1.807, 2.05) is 24.6 Å². The number of rotatable bonds is 5. The van der Waals surface area contributed by atoms with Crippen molar-refractivity contribution in [1.29, 1.82) is 0 Å². The number of aromatic nitrogens is 2. The van der Waals surface area contributed by atoms with Gasteiger partial charge < -0.3 is 9.88 Å². The van der Waals surface area contributed by atoms with Crippen molar-refractivity contribution in [1.82, 2.24) is 14.9 Å². The van der Waals surface area contributed by atoms with E-state index in [4.69, 9.17) is 0 Å². The monoisotopic (exact) mass is 235 g/mol. The van der Waals surface area contributed by atoms with Gasteiger partial charge in [0.15, 0.2) is 0 Å². The quantitative estimate of drug-likeness (QED) is 0.861. The molecule has 2 aromatic heterocycles. The fourth-order valence-corrected chi connectivity index (χ4v) is 2.52. The molecule has 0 radical (unpaired) electrons. The second-order valence-electron chi connectivity index (χ2n) is 3.81. The van der Waals surface area contributed by atoms with Crippen molar-refractivity contribution in [2.24, 2.45) is 0 Å². The molecule has 0 unspecified atom stereocenters. The second kappa shape index (κ2) is 5.27. The number of nitrogens with zero attached hydrogens (tertiary/aromatic N) is 2. The Kier molecular flexibility index (Phi) is 3.74. The minimum atomic E-state index is 0.880. The lowest BCUT2D eigenvalue weighted by Gasteiger charge is -2.09. The van der Waals surface area contributed by atoms with Crippen molar-refractivity contribution in [3.05, 3.63) is 40.1 Å². The lowest BCUT2D eigenvalue weighted by atomic mass is 10.3. The van der Waals surface area contributed by atoms with Gasteiger partial charge in [0, 0.05) is 24.2 Å². The van der Waals surface area contributed by atoms with Gasteiger partial charge in [0.1, 0.15) is 5.82 Å². The molecule has 4 heteroatoms. The maximum absolute atomic E-state index is 4.36. The van der Waals surface area contributed by atoms with E-state index in [2.05, 4.69) is 39.3 Å². The van der Waals surface area contributed by atoms with Crippen molar-refractivity contribution in [3.63, 3.8) is 0 Å². The highest BCUT2D eigenvalue weighted by Gasteiger charge is 2.05. The van der Waals surface area contributed by atoms with Gasteiger partial charge in [-0.05, 0) is 31.8 Å². The Labute approximate surface area is 100 Å². The van der Waals surface area contributed by atoms with Crippen LogP contribution in [0.2, 0.25) is 0 Å². The van der Waals surface area contributed by atoms with Crippen molar-refractivity contribution < 1.29 is 0 Å². The molecule has 2 rings (SSSR count). The van der Waals surface area contributed by atoms with Crippen LogP contribution in [-0.2, 0) is 19.5 Å². The Morgan fingerprint density at radius 1 is 1.50 bits per heavy atom. The highest BCUT2D eigenvalue weighted by molar-refractivity contribution is 7.09. The van der Waals surface area contributed by atoms with Crippen molar-refractivity contribution in [2.75, 3.05) is 7.05 Å². The molecule has 0 fully saturated rings. The Morgan fingerprint density at radius 2 is 2.38 bits per heavy atom. The molecule has 2 heterocycles. The number of hydrogen-bond acceptors (Lipinski definition) is 3. The molecule has 0 spiro atoms. The van der Waals surface area contributed by atoms with E-state index < -0.39 is 0 Å². The maximum atomic E-state index is 4.36. The van der Waals surface area contributed by atoms with Crippen LogP contribution in [0.5, 0.6) is 0 Å². The molecule has 0 saturated carbocycles. The summed E-state index contributed by atoms with van der Waals surface area (Å²) in [6.07, 6.45) is 3.05. The van der Waals surface area contributed by atoms with Gasteiger partial charge in [0.2, 0.25) is 0 Å². The Balaban J connectivity index is 2.05. The lowest BCUT2D eigenvalue weighted by molar-refractivity contribution is 0.625. The molecule has 0 atom stereocenters. The predicted molar refractivity (Wildman–Crippen MR) is 67.8 cm³/mol. The molecule has 16 heavy (non-hydrogen) atoms. The normalized spacial score (nSPS) is 10.9. The zero-order valence-electron chi connectivity index (χ0n) is 9.73. The first-order valence-electron chi connectivity index (χ1n) is 5.49. The van der Waals surface area contributed by atoms with E-state index in [-0.39, 0.29) is 0 Å². The van der Waals surface area contributed by atoms with Gasteiger partial charge >= 0.3 is 0 Å². The third-order valence-electron chi connectivity index (χ3n) is 2.66. The molecule has 1 N–H and O–H groups in total. The van der Waals surface area contributed by atoms with Crippen LogP contribution in [0.1, 0.15) is 16.4 Å². The molecule has 2 aromatic rings. The molecule has 0 aliphatic heterocycles. The van der Waals surface area contributed by atoms with E-state index in [1.54, 1.807) is 0 Å². The highest BCUT2D eigenvalue weighted by Crippen LogP contribution is 2.12. The van der Waals surface area contributed by atoms with Crippen LogP contribution in [0, 0.1) is 6.92 Å². The summed E-state index contributed by atoms with van der Waals surface area (Å²) in [5.41, 5.74) is 1.26. The topological polar surface area (TPSA) is 29.9 Å². The molecule has 0 aromatic carbocycles. The first-order chi connectivity index (χ1) is 7.81. The molecule has 3 nitrogen and oxygen atoms in total. The van der Waals surface area contributed by atoms with Gasteiger partial charge in [0.05, 0.1) is 5.69 Å². The van der Waals surface area contributed by atoms with Gasteiger partial charge in [-0.15, -0.1) is 11.3 Å². The Bertz CT molecular complexity index is 431. The molecule has 0 aliphatic rings. The van der Waals surface area contributed by atoms with Crippen LogP contribution in [0.15, 0.2) is 23.7 Å². The van der Waals surface area contributed by atoms with Crippen LogP contribution in [-0.4, -0.2) is 16.6 Å². The summed E-state index contributed by atoms with van der Waals surface area (Å²) in [5, 5.41) is 5.30. The number of hydrogen-bond donors (Lipinski definition) is 1. The SMILES string of the molecule is CNCc1cnc(C)n1CCc1cccs1. The molecule has 0 saturated heterocycles. The summed E-state index contributed by atoms with van der Waals surface area (Å²) in [6, 6.07) is 4.30. The lowest BCUT2D eigenvalue weighted by Crippen LogP contribution is -2.13. The van der Waals surface area contributed by atoms with Crippen LogP contribution < -0.4 is 5.32 Å². The minimum absolute atomic E-state index is 0.880. The minimum Gasteiger partial charge on any atom is -0.331 e. The van der Waals surface area contributed by atoms with E-state index in [1.165, 1.54) is 10.6 Å². The van der Waals surface area contributed by atoms with Crippen LogP contribution in [0.25, 0.3) is 0 Å². The average molecular weight is 235 g/mol. The summed E-state index contributed by atoms with van der Waals surface area (Å²) in [7, 11) is 1.96. The molecule has 0 aliphatic carbocycles. The third-order valence-corrected chi connectivity index (χ3v) is 3.59. The molecular formula is C12H17N3S. The first kappa shape index (κ1) is 11.4. The van der Waals surface area contributed by atoms with Gasteiger partial charge in [-0.2, -0.15) is 0 Å². The van der Waals surface area contributed by atoms with E-state index in [0.29, 0.717) is 0 Å². The average Bonchev–Trinajstić information content (AvgIpc) is 2.88. The van der Waals surface area contributed by atoms with Crippen molar-refractivity contribution in [2.45, 2.75) is 26.4 Å². The molecule has 0 bridgehead atoms. The molecular weight excluding hydrogens is 218 g/mol. The Morgan fingerprint density at radius 3 is 3.06 bits per heavy atom. The largest absolute Gasteiger partial charge is 0.331 e. The van der Waals surface area contributed by atoms with Crippen LogP contribution in [0.3, 0.4) is 0 Å². The third kappa shape index (κ3) is 2.51. The van der Waals surface area contributed by atoms with Crippen molar-refractivity contribution >= 4 is 11.3 Å². The van der Waals surface area contributed by atoms with Gasteiger partial charge in [-0.3, -0.25) is 0 Å². The predicted octanol–water partition coefficient (Wildman–Crippen LogP) is 2.22. The summed E-state index contributed by atoms with van der Waals surface area (Å²) >= 11 is 1.82. The zero-order valence-corrected chi connectivity index (χ0v) is 10.5. The molecule has 0 amide bonds. The first-order valence-corrected chi connectivity index (χ1v) is 6.37. The summed E-state index contributed by atoms with van der Waals surface area (Å²) in [6.45, 7) is 3.96. The van der Waals surface area contributed by atoms with E-state index in [0.717, 1.165) is 25.3 Å². The van der Waals surface area contributed by atoms with Gasteiger partial charge in [-0.1, -0.05) is 6.07 Å². The van der Waals surface area contributed by atoms with Crippen LogP contribution >= 0.6 is 11.3 Å². The number of nitrogens with one attached hydrogen (secondary N) is 1. The molecule has 86 valence electrons. The highest BCUT2D eigenvalue weighted by atomic mass is 32.1. The second-order valence-corrected chi connectivity index (χ2v) is 4.84. The smallest absolute Gasteiger partial charge is 0.105 e. The Hall–Kier alpha value is -1.13.